The van der Waals surface area contributed by atoms with Gasteiger partial charge in [-0.2, -0.15) is 0 Å². The van der Waals surface area contributed by atoms with E-state index in [1.54, 1.807) is 12.3 Å². The van der Waals surface area contributed by atoms with Gasteiger partial charge in [0.05, 0.1) is 23.6 Å². The van der Waals surface area contributed by atoms with Crippen LogP contribution in [-0.2, 0) is 11.2 Å². The van der Waals surface area contributed by atoms with Gasteiger partial charge in [-0.25, -0.2) is 4.68 Å². The smallest absolute Gasteiger partial charge is 0.230 e. The van der Waals surface area contributed by atoms with Crippen molar-refractivity contribution in [1.29, 1.82) is 0 Å². The summed E-state index contributed by atoms with van der Waals surface area (Å²) in [7, 11) is 0. The van der Waals surface area contributed by atoms with Gasteiger partial charge in [0, 0.05) is 0 Å². The van der Waals surface area contributed by atoms with Crippen LogP contribution < -0.4 is 11.2 Å². The molecule has 0 aliphatic heterocycles. The van der Waals surface area contributed by atoms with Gasteiger partial charge < -0.3 is 15.6 Å². The number of fused-ring (bicyclic) bond motifs is 1. The van der Waals surface area contributed by atoms with Crippen LogP contribution in [0.5, 0.6) is 0 Å². The SMILES string of the molecule is Cc1occc1-c1nnc(SCC(=O)N[C@H]2CCCc3ccccc32)n1N. The van der Waals surface area contributed by atoms with E-state index in [2.05, 4.69) is 27.6 Å². The summed E-state index contributed by atoms with van der Waals surface area (Å²) >= 11 is 1.27. The first-order chi connectivity index (χ1) is 13.1. The fourth-order valence-electron chi connectivity index (χ4n) is 3.45. The van der Waals surface area contributed by atoms with Crippen LogP contribution in [0.4, 0.5) is 0 Å². The number of nitrogens with zero attached hydrogens (tertiary/aromatic N) is 3. The zero-order valence-electron chi connectivity index (χ0n) is 15.0. The van der Waals surface area contributed by atoms with E-state index in [-0.39, 0.29) is 17.7 Å². The van der Waals surface area contributed by atoms with Gasteiger partial charge in [-0.15, -0.1) is 10.2 Å². The number of benzene rings is 1. The molecule has 1 atom stereocenters. The lowest BCUT2D eigenvalue weighted by Crippen LogP contribution is -2.32. The molecule has 1 aliphatic rings. The van der Waals surface area contributed by atoms with Crippen LogP contribution in [0.1, 0.15) is 35.8 Å². The molecule has 0 spiro atoms. The highest BCUT2D eigenvalue weighted by atomic mass is 32.2. The zero-order valence-corrected chi connectivity index (χ0v) is 15.8. The fraction of sp³-hybridized carbons (Fsp3) is 0.316. The number of nitrogen functional groups attached to an aromatic ring is 1. The van der Waals surface area contributed by atoms with Crippen LogP contribution in [0.3, 0.4) is 0 Å². The molecule has 27 heavy (non-hydrogen) atoms. The number of nitrogens with two attached hydrogens (primary N) is 1. The standard InChI is InChI=1S/C19H21N5O2S/c1-12-14(9-10-26-12)18-22-23-19(24(18)20)27-11-17(25)21-16-8-4-6-13-5-2-3-7-15(13)16/h2-3,5,7,9-10,16H,4,6,8,11,20H2,1H3,(H,21,25)/t16-/m0/s1. The van der Waals surface area contributed by atoms with E-state index in [0.29, 0.717) is 11.0 Å². The highest BCUT2D eigenvalue weighted by Crippen LogP contribution is 2.30. The number of thioether (sulfide) groups is 1. The first-order valence-corrected chi connectivity index (χ1v) is 9.87. The molecule has 1 aromatic carbocycles. The Morgan fingerprint density at radius 1 is 1.37 bits per heavy atom. The highest BCUT2D eigenvalue weighted by Gasteiger charge is 2.22. The molecule has 1 aliphatic carbocycles. The lowest BCUT2D eigenvalue weighted by molar-refractivity contribution is -0.119. The fourth-order valence-corrected chi connectivity index (χ4v) is 4.11. The van der Waals surface area contributed by atoms with E-state index >= 15 is 0 Å². The molecule has 2 aromatic heterocycles. The number of furan rings is 1. The second-order valence-electron chi connectivity index (χ2n) is 6.57. The van der Waals surface area contributed by atoms with Gasteiger partial charge in [-0.1, -0.05) is 36.0 Å². The van der Waals surface area contributed by atoms with Crippen LogP contribution >= 0.6 is 11.8 Å². The van der Waals surface area contributed by atoms with E-state index in [9.17, 15) is 4.79 Å². The van der Waals surface area contributed by atoms with Crippen molar-refractivity contribution in [1.82, 2.24) is 20.2 Å². The monoisotopic (exact) mass is 383 g/mol. The molecule has 140 valence electrons. The van der Waals surface area contributed by atoms with Crippen molar-refractivity contribution in [3.05, 3.63) is 53.5 Å². The average Bonchev–Trinajstić information content (AvgIpc) is 3.25. The van der Waals surface area contributed by atoms with Crippen molar-refractivity contribution < 1.29 is 9.21 Å². The number of nitrogens with one attached hydrogen (secondary N) is 1. The number of hydrogen-bond donors (Lipinski definition) is 2. The Balaban J connectivity index is 1.40. The van der Waals surface area contributed by atoms with Crippen molar-refractivity contribution in [2.24, 2.45) is 0 Å². The summed E-state index contributed by atoms with van der Waals surface area (Å²) in [6, 6.07) is 10.2. The summed E-state index contributed by atoms with van der Waals surface area (Å²) in [5.74, 6) is 7.53. The molecule has 0 bridgehead atoms. The van der Waals surface area contributed by atoms with Gasteiger partial charge in [-0.3, -0.25) is 4.79 Å². The van der Waals surface area contributed by atoms with Crippen molar-refractivity contribution in [3.63, 3.8) is 0 Å². The number of amides is 1. The molecule has 8 heteroatoms. The zero-order chi connectivity index (χ0) is 18.8. The maximum atomic E-state index is 12.5. The van der Waals surface area contributed by atoms with E-state index in [1.807, 2.05) is 19.1 Å². The Hall–Kier alpha value is -2.74. The van der Waals surface area contributed by atoms with Crippen molar-refractivity contribution in [3.8, 4) is 11.4 Å². The van der Waals surface area contributed by atoms with E-state index in [4.69, 9.17) is 10.3 Å². The van der Waals surface area contributed by atoms with Crippen LogP contribution in [0, 0.1) is 6.92 Å². The van der Waals surface area contributed by atoms with Gasteiger partial charge in [0.25, 0.3) is 0 Å². The molecule has 0 radical (unpaired) electrons. The maximum Gasteiger partial charge on any atom is 0.230 e. The average molecular weight is 383 g/mol. The Kier molecular flexibility index (Phi) is 4.89. The lowest BCUT2D eigenvalue weighted by atomic mass is 9.88. The summed E-state index contributed by atoms with van der Waals surface area (Å²) in [5, 5.41) is 11.8. The molecule has 0 saturated heterocycles. The minimum absolute atomic E-state index is 0.0363. The molecule has 4 rings (SSSR count). The van der Waals surface area contributed by atoms with Crippen molar-refractivity contribution in [2.75, 3.05) is 11.6 Å². The first kappa shape index (κ1) is 17.7. The van der Waals surface area contributed by atoms with Crippen molar-refractivity contribution in [2.45, 2.75) is 37.4 Å². The molecule has 2 heterocycles. The predicted octanol–water partition coefficient (Wildman–Crippen LogP) is 2.85. The molecule has 3 aromatic rings. The molecule has 0 unspecified atom stereocenters. The third-order valence-corrected chi connectivity index (χ3v) is 5.74. The summed E-state index contributed by atoms with van der Waals surface area (Å²) in [6.45, 7) is 1.84. The topological polar surface area (TPSA) is 99.0 Å². The van der Waals surface area contributed by atoms with E-state index in [0.717, 1.165) is 30.6 Å². The van der Waals surface area contributed by atoms with Gasteiger partial charge in [0.15, 0.2) is 5.82 Å². The molecule has 1 amide bonds. The Labute approximate surface area is 161 Å². The molecule has 0 saturated carbocycles. The van der Waals surface area contributed by atoms with E-state index in [1.165, 1.54) is 27.6 Å². The molecular weight excluding hydrogens is 362 g/mol. The summed E-state index contributed by atoms with van der Waals surface area (Å²) < 4.78 is 6.68. The number of aryl methyl sites for hydroxylation is 2. The normalized spacial score (nSPS) is 16.1. The first-order valence-electron chi connectivity index (χ1n) is 8.88. The Morgan fingerprint density at radius 2 is 2.22 bits per heavy atom. The highest BCUT2D eigenvalue weighted by molar-refractivity contribution is 7.99. The number of carbonyl (C=O) groups is 1. The van der Waals surface area contributed by atoms with Crippen LogP contribution in [0.2, 0.25) is 0 Å². The summed E-state index contributed by atoms with van der Waals surface area (Å²) in [4.78, 5) is 12.5. The molecule has 0 fully saturated rings. The Morgan fingerprint density at radius 3 is 3.04 bits per heavy atom. The lowest BCUT2D eigenvalue weighted by Gasteiger charge is -2.26. The quantitative estimate of drug-likeness (QED) is 0.519. The largest absolute Gasteiger partial charge is 0.469 e. The van der Waals surface area contributed by atoms with Crippen LogP contribution in [0.25, 0.3) is 11.4 Å². The van der Waals surface area contributed by atoms with Gasteiger partial charge in [0.1, 0.15) is 5.76 Å². The number of aromatic nitrogens is 3. The predicted molar refractivity (Wildman–Crippen MR) is 104 cm³/mol. The maximum absolute atomic E-state index is 12.5. The number of carbonyl (C=O) groups excluding carboxylic acids is 1. The summed E-state index contributed by atoms with van der Waals surface area (Å²) in [5.41, 5.74) is 3.34. The summed E-state index contributed by atoms with van der Waals surface area (Å²) in [6.07, 6.45) is 4.70. The molecule has 3 N–H and O–H groups in total. The van der Waals surface area contributed by atoms with Gasteiger partial charge >= 0.3 is 0 Å². The van der Waals surface area contributed by atoms with E-state index < -0.39 is 0 Å². The minimum Gasteiger partial charge on any atom is -0.469 e. The Bertz CT molecular complexity index is 965. The van der Waals surface area contributed by atoms with Crippen LogP contribution in [-0.4, -0.2) is 26.5 Å². The van der Waals surface area contributed by atoms with Gasteiger partial charge in [-0.05, 0) is 43.4 Å². The van der Waals surface area contributed by atoms with Gasteiger partial charge in [0.2, 0.25) is 11.1 Å². The second-order valence-corrected chi connectivity index (χ2v) is 7.51. The third-order valence-electron chi connectivity index (χ3n) is 4.80. The number of rotatable bonds is 5. The molecule has 7 nitrogen and oxygen atoms in total. The number of hydrogen-bond acceptors (Lipinski definition) is 6. The second kappa shape index (κ2) is 7.48. The molecular formula is C19H21N5O2S. The minimum atomic E-state index is -0.0363. The van der Waals surface area contributed by atoms with Crippen LogP contribution in [0.15, 0.2) is 46.2 Å². The van der Waals surface area contributed by atoms with Crippen molar-refractivity contribution >= 4 is 17.7 Å². The third kappa shape index (κ3) is 3.57.